The molecule has 1 unspecified atom stereocenters. The van der Waals surface area contributed by atoms with Crippen LogP contribution < -0.4 is 11.1 Å². The zero-order chi connectivity index (χ0) is 12.3. The molecule has 0 aliphatic carbocycles. The fraction of sp³-hybridized carbons (Fsp3) is 0.818. The maximum absolute atomic E-state index is 12.3. The highest BCUT2D eigenvalue weighted by atomic mass is 16.2. The van der Waals surface area contributed by atoms with Crippen molar-refractivity contribution in [2.24, 2.45) is 5.73 Å². The highest BCUT2D eigenvalue weighted by molar-refractivity contribution is 5.83. The van der Waals surface area contributed by atoms with E-state index in [4.69, 9.17) is 5.73 Å². The number of nitrogens with two attached hydrogens (primary N) is 1. The van der Waals surface area contributed by atoms with Crippen LogP contribution in [0.2, 0.25) is 0 Å². The van der Waals surface area contributed by atoms with Crippen LogP contribution in [0.3, 0.4) is 0 Å². The van der Waals surface area contributed by atoms with E-state index < -0.39 is 5.91 Å². The first-order chi connectivity index (χ1) is 8.18. The number of primary amides is 1. The molecule has 0 aromatic heterocycles. The van der Waals surface area contributed by atoms with E-state index in [0.29, 0.717) is 0 Å². The Hall–Kier alpha value is -1.30. The Kier molecular flexibility index (Phi) is 3.83. The third-order valence-electron chi connectivity index (χ3n) is 3.42. The summed E-state index contributed by atoms with van der Waals surface area (Å²) in [5.41, 5.74) is 5.23. The predicted octanol–water partition coefficient (Wildman–Crippen LogP) is -0.649. The standard InChI is InChI=1S/C11H20N4O2/c12-10(16)8-15(9-3-4-13-7-9)11(17)14-5-1-2-6-14/h9,13H,1-8H2,(H2,12,16). The molecule has 1 atom stereocenters. The molecule has 0 spiro atoms. The van der Waals surface area contributed by atoms with Crippen molar-refractivity contribution < 1.29 is 9.59 Å². The van der Waals surface area contributed by atoms with Crippen LogP contribution in [-0.4, -0.2) is 60.5 Å². The van der Waals surface area contributed by atoms with E-state index in [0.717, 1.165) is 45.4 Å². The zero-order valence-corrected chi connectivity index (χ0v) is 10.0. The van der Waals surface area contributed by atoms with Crippen molar-refractivity contribution in [2.45, 2.75) is 25.3 Å². The Bertz CT molecular complexity index is 296. The van der Waals surface area contributed by atoms with Crippen molar-refractivity contribution in [2.75, 3.05) is 32.7 Å². The van der Waals surface area contributed by atoms with E-state index in [2.05, 4.69) is 5.32 Å². The largest absolute Gasteiger partial charge is 0.368 e. The summed E-state index contributed by atoms with van der Waals surface area (Å²) < 4.78 is 0. The first-order valence-electron chi connectivity index (χ1n) is 6.23. The lowest BCUT2D eigenvalue weighted by Crippen LogP contribution is -2.51. The van der Waals surface area contributed by atoms with E-state index in [1.807, 2.05) is 4.90 Å². The van der Waals surface area contributed by atoms with Crippen molar-refractivity contribution in [3.8, 4) is 0 Å². The Morgan fingerprint density at radius 1 is 1.35 bits per heavy atom. The SMILES string of the molecule is NC(=O)CN(C(=O)N1CCCC1)C1CCNC1. The summed E-state index contributed by atoms with van der Waals surface area (Å²) in [5, 5.41) is 3.21. The monoisotopic (exact) mass is 240 g/mol. The van der Waals surface area contributed by atoms with E-state index in [1.54, 1.807) is 4.90 Å². The van der Waals surface area contributed by atoms with Crippen LogP contribution in [0, 0.1) is 0 Å². The molecule has 17 heavy (non-hydrogen) atoms. The second-order valence-electron chi connectivity index (χ2n) is 4.72. The summed E-state index contributed by atoms with van der Waals surface area (Å²) >= 11 is 0. The number of amides is 3. The number of carbonyl (C=O) groups excluding carboxylic acids is 2. The number of hydrogen-bond donors (Lipinski definition) is 2. The van der Waals surface area contributed by atoms with Crippen LogP contribution in [0.25, 0.3) is 0 Å². The Balaban J connectivity index is 2.02. The van der Waals surface area contributed by atoms with Gasteiger partial charge in [0.05, 0.1) is 0 Å². The van der Waals surface area contributed by atoms with Crippen LogP contribution in [0.15, 0.2) is 0 Å². The number of nitrogens with zero attached hydrogens (tertiary/aromatic N) is 2. The molecule has 0 saturated carbocycles. The first-order valence-corrected chi connectivity index (χ1v) is 6.23. The minimum Gasteiger partial charge on any atom is -0.368 e. The summed E-state index contributed by atoms with van der Waals surface area (Å²) in [5.74, 6) is -0.440. The lowest BCUT2D eigenvalue weighted by Gasteiger charge is -2.31. The number of carbonyl (C=O) groups is 2. The Morgan fingerprint density at radius 3 is 2.59 bits per heavy atom. The zero-order valence-electron chi connectivity index (χ0n) is 10.0. The Labute approximate surface area is 101 Å². The number of likely N-dealkylation sites (tertiary alicyclic amines) is 1. The van der Waals surface area contributed by atoms with Gasteiger partial charge in [0.25, 0.3) is 0 Å². The number of hydrogen-bond acceptors (Lipinski definition) is 3. The maximum Gasteiger partial charge on any atom is 0.320 e. The number of nitrogens with one attached hydrogen (secondary N) is 1. The number of rotatable bonds is 3. The van der Waals surface area contributed by atoms with Crippen LogP contribution in [0.5, 0.6) is 0 Å². The lowest BCUT2D eigenvalue weighted by molar-refractivity contribution is -0.119. The molecule has 3 N–H and O–H groups in total. The van der Waals surface area contributed by atoms with E-state index >= 15 is 0 Å². The molecular formula is C11H20N4O2. The van der Waals surface area contributed by atoms with Crippen LogP contribution in [0.1, 0.15) is 19.3 Å². The quantitative estimate of drug-likeness (QED) is 0.688. The van der Waals surface area contributed by atoms with Gasteiger partial charge in [-0.1, -0.05) is 0 Å². The van der Waals surface area contributed by atoms with Gasteiger partial charge >= 0.3 is 6.03 Å². The molecule has 6 nitrogen and oxygen atoms in total. The van der Waals surface area contributed by atoms with Gasteiger partial charge < -0.3 is 20.9 Å². The van der Waals surface area contributed by atoms with Crippen molar-refractivity contribution in [3.63, 3.8) is 0 Å². The number of urea groups is 1. The average molecular weight is 240 g/mol. The molecule has 2 aliphatic heterocycles. The van der Waals surface area contributed by atoms with Crippen molar-refractivity contribution >= 4 is 11.9 Å². The normalized spacial score (nSPS) is 24.0. The van der Waals surface area contributed by atoms with Crippen molar-refractivity contribution in [3.05, 3.63) is 0 Å². The van der Waals surface area contributed by atoms with Gasteiger partial charge in [0.2, 0.25) is 5.91 Å². The van der Waals surface area contributed by atoms with Gasteiger partial charge in [0.1, 0.15) is 6.54 Å². The summed E-state index contributed by atoms with van der Waals surface area (Å²) in [4.78, 5) is 26.8. The predicted molar refractivity (Wildman–Crippen MR) is 63.4 cm³/mol. The molecule has 0 aromatic rings. The van der Waals surface area contributed by atoms with Crippen molar-refractivity contribution in [1.29, 1.82) is 0 Å². The minimum absolute atomic E-state index is 0.0294. The van der Waals surface area contributed by atoms with E-state index in [9.17, 15) is 9.59 Å². The van der Waals surface area contributed by atoms with Crippen LogP contribution >= 0.6 is 0 Å². The minimum atomic E-state index is -0.440. The second kappa shape index (κ2) is 5.35. The molecular weight excluding hydrogens is 220 g/mol. The highest BCUT2D eigenvalue weighted by Gasteiger charge is 2.31. The topological polar surface area (TPSA) is 78.7 Å². The molecule has 0 radical (unpaired) electrons. The van der Waals surface area contributed by atoms with Gasteiger partial charge in [0, 0.05) is 25.7 Å². The fourth-order valence-electron chi connectivity index (χ4n) is 2.52. The summed E-state index contributed by atoms with van der Waals surface area (Å²) in [6.07, 6.45) is 3.00. The summed E-state index contributed by atoms with van der Waals surface area (Å²) in [6.45, 7) is 3.28. The molecule has 3 amide bonds. The highest BCUT2D eigenvalue weighted by Crippen LogP contribution is 2.15. The molecule has 2 aliphatic rings. The van der Waals surface area contributed by atoms with Gasteiger partial charge in [-0.05, 0) is 25.8 Å². The smallest absolute Gasteiger partial charge is 0.320 e. The molecule has 2 saturated heterocycles. The fourth-order valence-corrected chi connectivity index (χ4v) is 2.52. The molecule has 2 fully saturated rings. The first kappa shape index (κ1) is 12.2. The van der Waals surface area contributed by atoms with Gasteiger partial charge in [-0.3, -0.25) is 4.79 Å². The Morgan fingerprint density at radius 2 is 2.06 bits per heavy atom. The average Bonchev–Trinajstić information content (AvgIpc) is 2.96. The maximum atomic E-state index is 12.3. The molecule has 96 valence electrons. The second-order valence-corrected chi connectivity index (χ2v) is 4.72. The third-order valence-corrected chi connectivity index (χ3v) is 3.42. The molecule has 2 heterocycles. The van der Waals surface area contributed by atoms with E-state index in [1.165, 1.54) is 0 Å². The van der Waals surface area contributed by atoms with Gasteiger partial charge in [-0.2, -0.15) is 0 Å². The van der Waals surface area contributed by atoms with Gasteiger partial charge in [-0.15, -0.1) is 0 Å². The molecule has 2 rings (SSSR count). The van der Waals surface area contributed by atoms with Gasteiger partial charge in [0.15, 0.2) is 0 Å². The van der Waals surface area contributed by atoms with Gasteiger partial charge in [-0.25, -0.2) is 4.79 Å². The summed E-state index contributed by atoms with van der Waals surface area (Å²) in [7, 11) is 0. The van der Waals surface area contributed by atoms with Crippen LogP contribution in [0.4, 0.5) is 4.79 Å². The third kappa shape index (κ3) is 2.88. The lowest BCUT2D eigenvalue weighted by atomic mass is 10.2. The van der Waals surface area contributed by atoms with E-state index in [-0.39, 0.29) is 18.6 Å². The van der Waals surface area contributed by atoms with Crippen LogP contribution in [-0.2, 0) is 4.79 Å². The summed E-state index contributed by atoms with van der Waals surface area (Å²) in [6, 6.07) is 0.0746. The molecule has 0 aromatic carbocycles. The molecule has 0 bridgehead atoms. The molecule has 6 heteroatoms. The van der Waals surface area contributed by atoms with Crippen molar-refractivity contribution in [1.82, 2.24) is 15.1 Å².